The lowest BCUT2D eigenvalue weighted by Crippen LogP contribution is -2.63. The zero-order valence-electron chi connectivity index (χ0n) is 10.2. The molecule has 82 valence electrons. The summed E-state index contributed by atoms with van der Waals surface area (Å²) in [7, 11) is 0. The average Bonchev–Trinajstić information content (AvgIpc) is 1.89. The minimum Gasteiger partial charge on any atom is -0.300 e. The van der Waals surface area contributed by atoms with Crippen LogP contribution >= 0.6 is 0 Å². The fourth-order valence-corrected chi connectivity index (χ4v) is 3.44. The molecule has 1 heterocycles. The van der Waals surface area contributed by atoms with E-state index >= 15 is 0 Å². The number of hydrogen-bond acceptors (Lipinski definition) is 1. The summed E-state index contributed by atoms with van der Waals surface area (Å²) in [6.07, 6.45) is 4.51. The van der Waals surface area contributed by atoms with Gasteiger partial charge >= 0.3 is 0 Å². The van der Waals surface area contributed by atoms with Crippen molar-refractivity contribution >= 4 is 0 Å². The molecule has 0 N–H and O–H groups in total. The first-order valence-corrected chi connectivity index (χ1v) is 6.25. The van der Waals surface area contributed by atoms with Crippen molar-refractivity contribution < 1.29 is 0 Å². The van der Waals surface area contributed by atoms with Gasteiger partial charge in [-0.05, 0) is 50.4 Å². The van der Waals surface area contributed by atoms with Gasteiger partial charge in [-0.3, -0.25) is 4.90 Å². The first kappa shape index (κ1) is 10.5. The van der Waals surface area contributed by atoms with Crippen molar-refractivity contribution in [2.45, 2.75) is 53.0 Å². The molecule has 1 heteroatoms. The number of nitrogens with zero attached hydrogens (tertiary/aromatic N) is 1. The predicted octanol–water partition coefficient (Wildman–Crippen LogP) is 3.15. The van der Waals surface area contributed by atoms with Gasteiger partial charge in [-0.1, -0.05) is 13.8 Å². The van der Waals surface area contributed by atoms with Crippen molar-refractivity contribution in [2.24, 2.45) is 17.3 Å². The summed E-state index contributed by atoms with van der Waals surface area (Å²) in [6, 6.07) is 0.768. The van der Waals surface area contributed by atoms with Crippen molar-refractivity contribution in [3.05, 3.63) is 0 Å². The first-order chi connectivity index (χ1) is 6.51. The van der Waals surface area contributed by atoms with Gasteiger partial charge < -0.3 is 0 Å². The van der Waals surface area contributed by atoms with E-state index in [4.69, 9.17) is 0 Å². The second-order valence-electron chi connectivity index (χ2n) is 6.40. The minimum absolute atomic E-state index is 0.768. The highest BCUT2D eigenvalue weighted by Crippen LogP contribution is 2.54. The summed E-state index contributed by atoms with van der Waals surface area (Å²) in [4.78, 5) is 2.62. The van der Waals surface area contributed by atoms with E-state index in [1.165, 1.54) is 32.4 Å². The molecule has 14 heavy (non-hydrogen) atoms. The van der Waals surface area contributed by atoms with E-state index in [0.717, 1.165) is 23.3 Å². The highest BCUT2D eigenvalue weighted by atomic mass is 15.2. The zero-order valence-corrected chi connectivity index (χ0v) is 10.2. The number of likely N-dealkylation sites (tertiary alicyclic amines) is 1. The molecular weight excluding hydrogens is 170 g/mol. The molecule has 2 aliphatic rings. The third-order valence-corrected chi connectivity index (χ3v) is 4.06. The van der Waals surface area contributed by atoms with Crippen molar-refractivity contribution in [2.75, 3.05) is 13.1 Å². The van der Waals surface area contributed by atoms with Crippen LogP contribution in [0.3, 0.4) is 0 Å². The Kier molecular flexibility index (Phi) is 2.63. The Bertz CT molecular complexity index is 193. The SMILES string of the molecule is CC(C)CC1CC2(C1)CN(C(C)C)C2. The molecule has 0 unspecified atom stereocenters. The molecule has 1 spiro atoms. The summed E-state index contributed by atoms with van der Waals surface area (Å²) in [6.45, 7) is 12.1. The summed E-state index contributed by atoms with van der Waals surface area (Å²) >= 11 is 0. The summed E-state index contributed by atoms with van der Waals surface area (Å²) in [5.41, 5.74) is 0.782. The normalized spacial score (nSPS) is 27.0. The Morgan fingerprint density at radius 2 is 1.71 bits per heavy atom. The summed E-state index contributed by atoms with van der Waals surface area (Å²) < 4.78 is 0. The van der Waals surface area contributed by atoms with Crippen molar-refractivity contribution in [3.63, 3.8) is 0 Å². The molecule has 0 aromatic rings. The van der Waals surface area contributed by atoms with Crippen LogP contribution < -0.4 is 0 Å². The fourth-order valence-electron chi connectivity index (χ4n) is 3.44. The molecule has 2 rings (SSSR count). The Balaban J connectivity index is 1.69. The minimum atomic E-state index is 0.768. The van der Waals surface area contributed by atoms with Crippen molar-refractivity contribution in [3.8, 4) is 0 Å². The van der Waals surface area contributed by atoms with Crippen molar-refractivity contribution in [1.29, 1.82) is 0 Å². The molecule has 1 aliphatic carbocycles. The molecule has 0 amide bonds. The molecule has 0 radical (unpaired) electrons. The molecule has 1 saturated carbocycles. The van der Waals surface area contributed by atoms with Crippen LogP contribution in [-0.2, 0) is 0 Å². The van der Waals surface area contributed by atoms with Gasteiger partial charge in [-0.15, -0.1) is 0 Å². The lowest BCUT2D eigenvalue weighted by molar-refractivity contribution is -0.111. The highest BCUT2D eigenvalue weighted by Gasteiger charge is 2.52. The quantitative estimate of drug-likeness (QED) is 0.668. The van der Waals surface area contributed by atoms with Gasteiger partial charge in [0.2, 0.25) is 0 Å². The van der Waals surface area contributed by atoms with Crippen LogP contribution in [0.2, 0.25) is 0 Å². The molecule has 0 bridgehead atoms. The first-order valence-electron chi connectivity index (χ1n) is 6.25. The van der Waals surface area contributed by atoms with Crippen LogP contribution in [0.25, 0.3) is 0 Å². The van der Waals surface area contributed by atoms with Gasteiger partial charge in [-0.2, -0.15) is 0 Å². The topological polar surface area (TPSA) is 3.24 Å². The van der Waals surface area contributed by atoms with Crippen LogP contribution in [0.1, 0.15) is 47.0 Å². The summed E-state index contributed by atoms with van der Waals surface area (Å²) in [5, 5.41) is 0. The van der Waals surface area contributed by atoms with E-state index in [1.807, 2.05) is 0 Å². The van der Waals surface area contributed by atoms with Crippen LogP contribution in [0.15, 0.2) is 0 Å². The molecule has 1 nitrogen and oxygen atoms in total. The van der Waals surface area contributed by atoms with Crippen LogP contribution in [0.4, 0.5) is 0 Å². The maximum atomic E-state index is 2.62. The van der Waals surface area contributed by atoms with E-state index in [9.17, 15) is 0 Å². The van der Waals surface area contributed by atoms with Gasteiger partial charge in [0.15, 0.2) is 0 Å². The van der Waals surface area contributed by atoms with Crippen LogP contribution in [0.5, 0.6) is 0 Å². The van der Waals surface area contributed by atoms with Crippen molar-refractivity contribution in [1.82, 2.24) is 4.90 Å². The Labute approximate surface area is 88.9 Å². The van der Waals surface area contributed by atoms with Gasteiger partial charge in [0, 0.05) is 19.1 Å². The van der Waals surface area contributed by atoms with Crippen LogP contribution in [-0.4, -0.2) is 24.0 Å². The second kappa shape index (κ2) is 3.52. The molecular formula is C13H25N. The third kappa shape index (κ3) is 1.84. The second-order valence-corrected chi connectivity index (χ2v) is 6.40. The van der Waals surface area contributed by atoms with E-state index in [2.05, 4.69) is 32.6 Å². The zero-order chi connectivity index (χ0) is 10.3. The monoisotopic (exact) mass is 195 g/mol. The standard InChI is InChI=1S/C13H25N/c1-10(2)5-12-6-13(7-12)8-14(9-13)11(3)4/h10-12H,5-9H2,1-4H3. The Hall–Kier alpha value is -0.0400. The Morgan fingerprint density at radius 1 is 1.14 bits per heavy atom. The molecule has 1 saturated heterocycles. The molecule has 0 atom stereocenters. The largest absolute Gasteiger partial charge is 0.300 e. The van der Waals surface area contributed by atoms with Crippen LogP contribution in [0, 0.1) is 17.3 Å². The van der Waals surface area contributed by atoms with E-state index < -0.39 is 0 Å². The van der Waals surface area contributed by atoms with Gasteiger partial charge in [0.05, 0.1) is 0 Å². The lowest BCUT2D eigenvalue weighted by Gasteiger charge is -2.61. The Morgan fingerprint density at radius 3 is 2.14 bits per heavy atom. The van der Waals surface area contributed by atoms with Gasteiger partial charge in [0.25, 0.3) is 0 Å². The molecule has 1 aliphatic heterocycles. The van der Waals surface area contributed by atoms with E-state index in [-0.39, 0.29) is 0 Å². The predicted molar refractivity (Wildman–Crippen MR) is 61.3 cm³/mol. The third-order valence-electron chi connectivity index (χ3n) is 4.06. The van der Waals surface area contributed by atoms with E-state index in [0.29, 0.717) is 0 Å². The maximum Gasteiger partial charge on any atom is 0.00534 e. The van der Waals surface area contributed by atoms with Gasteiger partial charge in [0.1, 0.15) is 0 Å². The smallest absolute Gasteiger partial charge is 0.00534 e. The number of hydrogen-bond donors (Lipinski definition) is 0. The number of rotatable bonds is 3. The fraction of sp³-hybridized carbons (Fsp3) is 1.00. The lowest BCUT2D eigenvalue weighted by atomic mass is 9.56. The maximum absolute atomic E-state index is 2.62. The summed E-state index contributed by atoms with van der Waals surface area (Å²) in [5.74, 6) is 1.96. The average molecular weight is 195 g/mol. The highest BCUT2D eigenvalue weighted by molar-refractivity contribution is 5.04. The van der Waals surface area contributed by atoms with E-state index in [1.54, 1.807) is 0 Å². The molecule has 2 fully saturated rings. The molecule has 0 aromatic heterocycles. The van der Waals surface area contributed by atoms with Gasteiger partial charge in [-0.25, -0.2) is 0 Å². The molecule has 0 aromatic carbocycles.